The summed E-state index contributed by atoms with van der Waals surface area (Å²) in [4.78, 5) is 12.5. The van der Waals surface area contributed by atoms with Crippen molar-refractivity contribution < 1.29 is 4.74 Å². The van der Waals surface area contributed by atoms with Gasteiger partial charge >= 0.3 is 0 Å². The summed E-state index contributed by atoms with van der Waals surface area (Å²) in [5, 5.41) is 1.49. The van der Waals surface area contributed by atoms with E-state index in [2.05, 4.69) is 4.57 Å². The van der Waals surface area contributed by atoms with E-state index in [4.69, 9.17) is 4.74 Å². The van der Waals surface area contributed by atoms with E-state index < -0.39 is 0 Å². The molecule has 1 heterocycles. The zero-order valence-corrected chi connectivity index (χ0v) is 11.2. The molecule has 3 nitrogen and oxygen atoms in total. The van der Waals surface area contributed by atoms with Crippen molar-refractivity contribution in [1.29, 1.82) is 0 Å². The van der Waals surface area contributed by atoms with Crippen LogP contribution in [0.2, 0.25) is 0 Å². The van der Waals surface area contributed by atoms with Gasteiger partial charge in [-0.2, -0.15) is 0 Å². The zero-order valence-electron chi connectivity index (χ0n) is 11.2. The first-order valence-electron chi connectivity index (χ1n) is 6.20. The SMILES string of the molecule is COc1ccc2c(=O)c3ccccc3n(C)c2c1C. The van der Waals surface area contributed by atoms with Crippen LogP contribution in [0.5, 0.6) is 5.75 Å². The van der Waals surface area contributed by atoms with E-state index in [9.17, 15) is 4.79 Å². The van der Waals surface area contributed by atoms with Gasteiger partial charge in [-0.25, -0.2) is 0 Å². The molecule has 0 fully saturated rings. The normalized spacial score (nSPS) is 11.1. The number of rotatable bonds is 1. The van der Waals surface area contributed by atoms with Gasteiger partial charge in [-0.3, -0.25) is 4.79 Å². The van der Waals surface area contributed by atoms with Crippen LogP contribution >= 0.6 is 0 Å². The first-order chi connectivity index (χ1) is 9.15. The lowest BCUT2D eigenvalue weighted by Crippen LogP contribution is -2.10. The Labute approximate surface area is 111 Å². The number of ether oxygens (including phenoxy) is 1. The summed E-state index contributed by atoms with van der Waals surface area (Å²) < 4.78 is 7.40. The van der Waals surface area contributed by atoms with E-state index in [1.165, 1.54) is 0 Å². The van der Waals surface area contributed by atoms with Crippen LogP contribution in [0.25, 0.3) is 21.8 Å². The highest BCUT2D eigenvalue weighted by Gasteiger charge is 2.12. The van der Waals surface area contributed by atoms with Crippen LogP contribution in [-0.4, -0.2) is 11.7 Å². The predicted molar refractivity (Wildman–Crippen MR) is 78.0 cm³/mol. The van der Waals surface area contributed by atoms with Crippen molar-refractivity contribution in [3.63, 3.8) is 0 Å². The number of hydrogen-bond donors (Lipinski definition) is 0. The molecule has 1 aromatic heterocycles. The third-order valence-corrected chi connectivity index (χ3v) is 3.69. The smallest absolute Gasteiger partial charge is 0.197 e. The maximum absolute atomic E-state index is 12.5. The molecule has 3 rings (SSSR count). The molecule has 0 saturated heterocycles. The van der Waals surface area contributed by atoms with Crippen LogP contribution in [-0.2, 0) is 7.05 Å². The molecule has 3 aromatic rings. The van der Waals surface area contributed by atoms with Crippen LogP contribution in [0.1, 0.15) is 5.56 Å². The Morgan fingerprint density at radius 1 is 1.05 bits per heavy atom. The van der Waals surface area contributed by atoms with E-state index in [0.717, 1.165) is 33.1 Å². The maximum Gasteiger partial charge on any atom is 0.197 e. The van der Waals surface area contributed by atoms with Crippen molar-refractivity contribution in [3.05, 3.63) is 52.2 Å². The number of benzene rings is 2. The second kappa shape index (κ2) is 4.12. The van der Waals surface area contributed by atoms with Crippen LogP contribution in [0.4, 0.5) is 0 Å². The van der Waals surface area contributed by atoms with Gasteiger partial charge in [-0.05, 0) is 31.2 Å². The van der Waals surface area contributed by atoms with Crippen LogP contribution in [0, 0.1) is 6.92 Å². The highest BCUT2D eigenvalue weighted by molar-refractivity contribution is 5.95. The van der Waals surface area contributed by atoms with Crippen LogP contribution in [0.15, 0.2) is 41.2 Å². The fourth-order valence-corrected chi connectivity index (χ4v) is 2.74. The molecule has 0 atom stereocenters. The van der Waals surface area contributed by atoms with E-state index in [1.807, 2.05) is 50.4 Å². The van der Waals surface area contributed by atoms with Gasteiger partial charge in [0.2, 0.25) is 0 Å². The molecule has 0 bridgehead atoms. The summed E-state index contributed by atoms with van der Waals surface area (Å²) in [6.07, 6.45) is 0. The first kappa shape index (κ1) is 11.8. The van der Waals surface area contributed by atoms with E-state index >= 15 is 0 Å². The number of aromatic nitrogens is 1. The van der Waals surface area contributed by atoms with Gasteiger partial charge in [0.25, 0.3) is 0 Å². The summed E-state index contributed by atoms with van der Waals surface area (Å²) in [6, 6.07) is 11.4. The summed E-state index contributed by atoms with van der Waals surface area (Å²) in [7, 11) is 3.63. The molecule has 0 N–H and O–H groups in total. The summed E-state index contributed by atoms with van der Waals surface area (Å²) >= 11 is 0. The highest BCUT2D eigenvalue weighted by atomic mass is 16.5. The first-order valence-corrected chi connectivity index (χ1v) is 6.20. The Morgan fingerprint density at radius 3 is 2.53 bits per heavy atom. The number of nitrogens with zero attached hydrogens (tertiary/aromatic N) is 1. The Morgan fingerprint density at radius 2 is 1.79 bits per heavy atom. The Kier molecular flexibility index (Phi) is 2.56. The molecule has 3 heteroatoms. The molecular weight excluding hydrogens is 238 g/mol. The molecule has 0 radical (unpaired) electrons. The minimum absolute atomic E-state index is 0.0782. The van der Waals surface area contributed by atoms with Crippen molar-refractivity contribution in [2.45, 2.75) is 6.92 Å². The minimum atomic E-state index is 0.0782. The molecule has 19 heavy (non-hydrogen) atoms. The quantitative estimate of drug-likeness (QED) is 0.624. The summed E-state index contributed by atoms with van der Waals surface area (Å²) in [6.45, 7) is 1.98. The molecule has 2 aromatic carbocycles. The Balaban J connectivity index is 2.64. The third-order valence-electron chi connectivity index (χ3n) is 3.69. The lowest BCUT2D eigenvalue weighted by molar-refractivity contribution is 0.412. The zero-order chi connectivity index (χ0) is 13.6. The molecular formula is C16H15NO2. The number of pyridine rings is 1. The second-order valence-corrected chi connectivity index (χ2v) is 4.69. The average molecular weight is 253 g/mol. The average Bonchev–Trinajstić information content (AvgIpc) is 2.44. The summed E-state index contributed by atoms with van der Waals surface area (Å²) in [5.41, 5.74) is 2.94. The Bertz CT molecular complexity index is 847. The van der Waals surface area contributed by atoms with Gasteiger partial charge in [0.15, 0.2) is 5.43 Å². The summed E-state index contributed by atoms with van der Waals surface area (Å²) in [5.74, 6) is 0.804. The van der Waals surface area contributed by atoms with Gasteiger partial charge in [-0.1, -0.05) is 12.1 Å². The van der Waals surface area contributed by atoms with Gasteiger partial charge in [0.1, 0.15) is 5.75 Å². The van der Waals surface area contributed by atoms with E-state index in [0.29, 0.717) is 0 Å². The van der Waals surface area contributed by atoms with E-state index in [1.54, 1.807) is 7.11 Å². The van der Waals surface area contributed by atoms with Crippen molar-refractivity contribution in [2.24, 2.45) is 7.05 Å². The maximum atomic E-state index is 12.5. The van der Waals surface area contributed by atoms with Gasteiger partial charge in [0, 0.05) is 23.4 Å². The molecule has 0 amide bonds. The van der Waals surface area contributed by atoms with Crippen molar-refractivity contribution in [3.8, 4) is 5.75 Å². The third kappa shape index (κ3) is 1.55. The number of aryl methyl sites for hydroxylation is 2. The van der Waals surface area contributed by atoms with Crippen LogP contribution in [0.3, 0.4) is 0 Å². The van der Waals surface area contributed by atoms with E-state index in [-0.39, 0.29) is 5.43 Å². The second-order valence-electron chi connectivity index (χ2n) is 4.69. The van der Waals surface area contributed by atoms with Crippen molar-refractivity contribution in [2.75, 3.05) is 7.11 Å². The minimum Gasteiger partial charge on any atom is -0.496 e. The standard InChI is InChI=1S/C16H15NO2/c1-10-14(19-3)9-8-12-15(10)17(2)13-7-5-4-6-11(13)16(12)18/h4-9H,1-3H3. The van der Waals surface area contributed by atoms with Gasteiger partial charge < -0.3 is 9.30 Å². The molecule has 0 unspecified atom stereocenters. The molecule has 0 saturated carbocycles. The van der Waals surface area contributed by atoms with Crippen molar-refractivity contribution in [1.82, 2.24) is 4.57 Å². The Hall–Kier alpha value is -2.29. The topological polar surface area (TPSA) is 31.2 Å². The number of hydrogen-bond acceptors (Lipinski definition) is 2. The number of para-hydroxylation sites is 1. The monoisotopic (exact) mass is 253 g/mol. The fraction of sp³-hybridized carbons (Fsp3) is 0.188. The van der Waals surface area contributed by atoms with Crippen molar-refractivity contribution >= 4 is 21.8 Å². The molecule has 0 aliphatic carbocycles. The van der Waals surface area contributed by atoms with Crippen LogP contribution < -0.4 is 10.2 Å². The number of methoxy groups -OCH3 is 1. The largest absolute Gasteiger partial charge is 0.496 e. The molecule has 0 aliphatic heterocycles. The van der Waals surface area contributed by atoms with Gasteiger partial charge in [0.05, 0.1) is 18.1 Å². The lowest BCUT2D eigenvalue weighted by Gasteiger charge is -2.14. The molecule has 0 aliphatic rings. The number of fused-ring (bicyclic) bond motifs is 2. The molecule has 96 valence electrons. The molecule has 0 spiro atoms. The predicted octanol–water partition coefficient (Wildman–Crippen LogP) is 3.01. The highest BCUT2D eigenvalue weighted by Crippen LogP contribution is 2.27. The fourth-order valence-electron chi connectivity index (χ4n) is 2.74. The lowest BCUT2D eigenvalue weighted by atomic mass is 10.1. The van der Waals surface area contributed by atoms with Gasteiger partial charge in [-0.15, -0.1) is 0 Å².